The van der Waals surface area contributed by atoms with Crippen molar-refractivity contribution in [1.82, 2.24) is 5.32 Å². The van der Waals surface area contributed by atoms with Crippen molar-refractivity contribution in [3.05, 3.63) is 65.2 Å². The molecule has 130 valence electrons. The highest BCUT2D eigenvalue weighted by molar-refractivity contribution is 5.30. The minimum atomic E-state index is 0.349. The lowest BCUT2D eigenvalue weighted by Crippen LogP contribution is -2.20. The van der Waals surface area contributed by atoms with Gasteiger partial charge < -0.3 is 14.8 Å². The highest BCUT2D eigenvalue weighted by atomic mass is 16.5. The molecule has 3 heteroatoms. The fourth-order valence-electron chi connectivity index (χ4n) is 2.70. The fraction of sp³-hybridized carbons (Fsp3) is 0.429. The molecule has 0 radical (unpaired) electrons. The first-order valence-corrected chi connectivity index (χ1v) is 8.83. The number of hydrogen-bond donors (Lipinski definition) is 1. The second-order valence-corrected chi connectivity index (χ2v) is 5.88. The van der Waals surface area contributed by atoms with Crippen molar-refractivity contribution in [3.8, 4) is 5.75 Å². The van der Waals surface area contributed by atoms with Gasteiger partial charge in [0.1, 0.15) is 12.4 Å². The maximum Gasteiger partial charge on any atom is 0.119 e. The van der Waals surface area contributed by atoms with Gasteiger partial charge in [0.05, 0.1) is 6.61 Å². The van der Waals surface area contributed by atoms with Crippen LogP contribution in [0.2, 0.25) is 0 Å². The summed E-state index contributed by atoms with van der Waals surface area (Å²) in [6.07, 6.45) is 1.05. The summed E-state index contributed by atoms with van der Waals surface area (Å²) in [5.41, 5.74) is 3.98. The summed E-state index contributed by atoms with van der Waals surface area (Å²) in [5.74, 6) is 0.896. The molecule has 0 saturated carbocycles. The Morgan fingerprint density at radius 2 is 1.71 bits per heavy atom. The van der Waals surface area contributed by atoms with E-state index in [2.05, 4.69) is 55.6 Å². The van der Waals surface area contributed by atoms with Crippen LogP contribution in [0, 0.1) is 6.92 Å². The Morgan fingerprint density at radius 3 is 2.38 bits per heavy atom. The number of benzene rings is 2. The van der Waals surface area contributed by atoms with Crippen molar-refractivity contribution >= 4 is 0 Å². The molecule has 0 aromatic heterocycles. The Morgan fingerprint density at radius 1 is 0.958 bits per heavy atom. The van der Waals surface area contributed by atoms with E-state index >= 15 is 0 Å². The molecule has 0 fully saturated rings. The quantitative estimate of drug-likeness (QED) is 0.644. The van der Waals surface area contributed by atoms with Crippen molar-refractivity contribution in [3.63, 3.8) is 0 Å². The highest BCUT2D eigenvalue weighted by Gasteiger charge is 2.09. The Hall–Kier alpha value is -1.84. The summed E-state index contributed by atoms with van der Waals surface area (Å²) in [7, 11) is 0. The number of rotatable bonds is 10. The summed E-state index contributed by atoms with van der Waals surface area (Å²) in [6.45, 7) is 9.20. The summed E-state index contributed by atoms with van der Waals surface area (Å²) >= 11 is 0. The van der Waals surface area contributed by atoms with E-state index < -0.39 is 0 Å². The first-order chi connectivity index (χ1) is 11.7. The Balaban J connectivity index is 1.89. The van der Waals surface area contributed by atoms with Crippen LogP contribution in [-0.2, 0) is 11.3 Å². The zero-order chi connectivity index (χ0) is 17.2. The van der Waals surface area contributed by atoms with Crippen molar-refractivity contribution in [2.75, 3.05) is 19.8 Å². The molecule has 0 bridgehead atoms. The standard InChI is InChI=1S/C21H29NO2/c1-4-21(22-16-19-9-7-6-8-17(19)3)18-10-12-20(13-11-18)24-15-14-23-5-2/h6-13,21-22H,4-5,14-16H2,1-3H3. The van der Waals surface area contributed by atoms with E-state index in [1.807, 2.05) is 19.1 Å². The number of nitrogens with one attached hydrogen (secondary N) is 1. The van der Waals surface area contributed by atoms with Gasteiger partial charge in [-0.2, -0.15) is 0 Å². The molecule has 1 atom stereocenters. The number of aryl methyl sites for hydroxylation is 1. The fourth-order valence-corrected chi connectivity index (χ4v) is 2.70. The number of hydrogen-bond acceptors (Lipinski definition) is 3. The molecule has 0 aliphatic rings. The first kappa shape index (κ1) is 18.5. The topological polar surface area (TPSA) is 30.5 Å². The SMILES string of the molecule is CCOCCOc1ccc(C(CC)NCc2ccccc2C)cc1. The second kappa shape index (κ2) is 10.1. The van der Waals surface area contributed by atoms with Gasteiger partial charge >= 0.3 is 0 Å². The van der Waals surface area contributed by atoms with Crippen molar-refractivity contribution < 1.29 is 9.47 Å². The zero-order valence-corrected chi connectivity index (χ0v) is 15.0. The van der Waals surface area contributed by atoms with Crippen molar-refractivity contribution in [1.29, 1.82) is 0 Å². The predicted octanol–water partition coefficient (Wildman–Crippen LogP) is 4.65. The molecule has 0 amide bonds. The van der Waals surface area contributed by atoms with E-state index in [0.717, 1.165) is 25.3 Å². The monoisotopic (exact) mass is 327 g/mol. The van der Waals surface area contributed by atoms with Gasteiger partial charge in [-0.25, -0.2) is 0 Å². The smallest absolute Gasteiger partial charge is 0.119 e. The van der Waals surface area contributed by atoms with Crippen LogP contribution in [0.5, 0.6) is 5.75 Å². The zero-order valence-electron chi connectivity index (χ0n) is 15.0. The minimum Gasteiger partial charge on any atom is -0.491 e. The average molecular weight is 327 g/mol. The summed E-state index contributed by atoms with van der Waals surface area (Å²) in [5, 5.41) is 3.66. The maximum atomic E-state index is 5.68. The van der Waals surface area contributed by atoms with Gasteiger partial charge in [-0.3, -0.25) is 0 Å². The van der Waals surface area contributed by atoms with Crippen LogP contribution in [0.4, 0.5) is 0 Å². The molecule has 1 N–H and O–H groups in total. The molecule has 0 aliphatic carbocycles. The molecule has 0 aliphatic heterocycles. The van der Waals surface area contributed by atoms with Gasteiger partial charge in [-0.15, -0.1) is 0 Å². The molecular formula is C21H29NO2. The Labute approximate surface area is 146 Å². The third kappa shape index (κ3) is 5.66. The van der Waals surface area contributed by atoms with Crippen LogP contribution in [0.15, 0.2) is 48.5 Å². The van der Waals surface area contributed by atoms with E-state index in [0.29, 0.717) is 19.3 Å². The van der Waals surface area contributed by atoms with Crippen LogP contribution in [-0.4, -0.2) is 19.8 Å². The predicted molar refractivity (Wildman–Crippen MR) is 99.5 cm³/mol. The highest BCUT2D eigenvalue weighted by Crippen LogP contribution is 2.21. The van der Waals surface area contributed by atoms with Crippen LogP contribution in [0.1, 0.15) is 43.0 Å². The van der Waals surface area contributed by atoms with Gasteiger partial charge in [-0.1, -0.05) is 43.3 Å². The Kier molecular flexibility index (Phi) is 7.80. The molecule has 2 aromatic rings. The van der Waals surface area contributed by atoms with E-state index in [4.69, 9.17) is 9.47 Å². The molecule has 2 aromatic carbocycles. The largest absolute Gasteiger partial charge is 0.491 e. The molecule has 24 heavy (non-hydrogen) atoms. The van der Waals surface area contributed by atoms with E-state index in [1.165, 1.54) is 16.7 Å². The van der Waals surface area contributed by atoms with E-state index in [-0.39, 0.29) is 0 Å². The van der Waals surface area contributed by atoms with E-state index in [1.54, 1.807) is 0 Å². The van der Waals surface area contributed by atoms with Gasteiger partial charge in [0.15, 0.2) is 0 Å². The number of ether oxygens (including phenoxy) is 2. The van der Waals surface area contributed by atoms with Crippen molar-refractivity contribution in [2.24, 2.45) is 0 Å². The molecule has 3 nitrogen and oxygen atoms in total. The van der Waals surface area contributed by atoms with Gasteiger partial charge in [0.2, 0.25) is 0 Å². The summed E-state index contributed by atoms with van der Waals surface area (Å²) in [4.78, 5) is 0. The third-order valence-electron chi connectivity index (χ3n) is 4.19. The van der Waals surface area contributed by atoms with E-state index in [9.17, 15) is 0 Å². The molecule has 0 saturated heterocycles. The molecule has 1 unspecified atom stereocenters. The van der Waals surface area contributed by atoms with Crippen LogP contribution in [0.3, 0.4) is 0 Å². The van der Waals surface area contributed by atoms with Gasteiger partial charge in [0, 0.05) is 19.2 Å². The van der Waals surface area contributed by atoms with Crippen LogP contribution >= 0.6 is 0 Å². The first-order valence-electron chi connectivity index (χ1n) is 8.83. The van der Waals surface area contributed by atoms with Crippen molar-refractivity contribution in [2.45, 2.75) is 39.8 Å². The lowest BCUT2D eigenvalue weighted by Gasteiger charge is -2.19. The summed E-state index contributed by atoms with van der Waals surface area (Å²) < 4.78 is 11.0. The molecule has 0 heterocycles. The van der Waals surface area contributed by atoms with Crippen LogP contribution < -0.4 is 10.1 Å². The second-order valence-electron chi connectivity index (χ2n) is 5.88. The lowest BCUT2D eigenvalue weighted by atomic mass is 10.0. The molecular weight excluding hydrogens is 298 g/mol. The van der Waals surface area contributed by atoms with Gasteiger partial charge in [-0.05, 0) is 49.1 Å². The normalized spacial score (nSPS) is 12.1. The average Bonchev–Trinajstić information content (AvgIpc) is 2.62. The minimum absolute atomic E-state index is 0.349. The molecule has 0 spiro atoms. The third-order valence-corrected chi connectivity index (χ3v) is 4.19. The summed E-state index contributed by atoms with van der Waals surface area (Å²) in [6, 6.07) is 17.3. The Bertz CT molecular complexity index is 595. The van der Waals surface area contributed by atoms with Gasteiger partial charge in [0.25, 0.3) is 0 Å². The maximum absolute atomic E-state index is 5.68. The van der Waals surface area contributed by atoms with Crippen LogP contribution in [0.25, 0.3) is 0 Å². The lowest BCUT2D eigenvalue weighted by molar-refractivity contribution is 0.110. The molecule has 2 rings (SSSR count).